The first-order chi connectivity index (χ1) is 8.11. The largest absolute Gasteiger partial charge is 0.482 e. The Kier molecular flexibility index (Phi) is 3.19. The monoisotopic (exact) mass is 254 g/mol. The molecule has 0 atom stereocenters. The van der Waals surface area contributed by atoms with Crippen LogP contribution < -0.4 is 15.0 Å². The van der Waals surface area contributed by atoms with Crippen LogP contribution >= 0.6 is 11.6 Å². The van der Waals surface area contributed by atoms with Crippen molar-refractivity contribution in [1.82, 2.24) is 0 Å². The number of hydrogen-bond acceptors (Lipinski definition) is 3. The van der Waals surface area contributed by atoms with E-state index in [0.717, 1.165) is 0 Å². The maximum absolute atomic E-state index is 11.4. The van der Waals surface area contributed by atoms with E-state index in [0.29, 0.717) is 17.1 Å². The van der Waals surface area contributed by atoms with Gasteiger partial charge in [0.25, 0.3) is 5.91 Å². The Morgan fingerprint density at radius 1 is 1.59 bits per heavy atom. The average Bonchev–Trinajstić information content (AvgIpc) is 2.34. The Labute approximate surface area is 103 Å². The second-order valence-corrected chi connectivity index (χ2v) is 3.87. The number of anilines is 2. The summed E-state index contributed by atoms with van der Waals surface area (Å²) in [6, 6.07) is 5.09. The first-order valence-corrected chi connectivity index (χ1v) is 5.54. The normalized spacial score (nSPS) is 14.0. The molecular formula is C11H11ClN2O3. The van der Waals surface area contributed by atoms with Crippen molar-refractivity contribution in [2.45, 2.75) is 0 Å². The molecule has 1 aliphatic heterocycles. The van der Waals surface area contributed by atoms with E-state index in [4.69, 9.17) is 16.3 Å². The molecule has 0 saturated carbocycles. The highest BCUT2D eigenvalue weighted by atomic mass is 35.5. The Morgan fingerprint density at radius 3 is 3.06 bits per heavy atom. The molecule has 6 heteroatoms. The summed E-state index contributed by atoms with van der Waals surface area (Å²) in [5.74, 6) is 0.0918. The first kappa shape index (κ1) is 11.7. The fourth-order valence-corrected chi connectivity index (χ4v) is 1.61. The predicted molar refractivity (Wildman–Crippen MR) is 64.7 cm³/mol. The standard InChI is InChI=1S/C11H11ClN2O3/c1-14-8-4-7(13-10(15)5-12)2-3-9(8)17-6-11(14)16/h2-4H,5-6H2,1H3,(H,13,15). The fraction of sp³-hybridized carbons (Fsp3) is 0.273. The highest BCUT2D eigenvalue weighted by Crippen LogP contribution is 2.33. The van der Waals surface area contributed by atoms with Gasteiger partial charge in [-0.25, -0.2) is 0 Å². The molecule has 0 fully saturated rings. The summed E-state index contributed by atoms with van der Waals surface area (Å²) >= 11 is 5.40. The Hall–Kier alpha value is -1.75. The highest BCUT2D eigenvalue weighted by Gasteiger charge is 2.22. The van der Waals surface area contributed by atoms with E-state index in [2.05, 4.69) is 5.32 Å². The molecule has 1 aromatic rings. The van der Waals surface area contributed by atoms with Crippen LogP contribution in [0.25, 0.3) is 0 Å². The summed E-state index contributed by atoms with van der Waals surface area (Å²) in [7, 11) is 1.66. The van der Waals surface area contributed by atoms with Crippen LogP contribution in [0.1, 0.15) is 0 Å². The van der Waals surface area contributed by atoms with Crippen molar-refractivity contribution < 1.29 is 14.3 Å². The average molecular weight is 255 g/mol. The highest BCUT2D eigenvalue weighted by molar-refractivity contribution is 6.29. The van der Waals surface area contributed by atoms with Gasteiger partial charge < -0.3 is 15.0 Å². The number of ether oxygens (including phenoxy) is 1. The van der Waals surface area contributed by atoms with Crippen LogP contribution in [0.4, 0.5) is 11.4 Å². The van der Waals surface area contributed by atoms with Crippen molar-refractivity contribution >= 4 is 34.8 Å². The van der Waals surface area contributed by atoms with Crippen molar-refractivity contribution in [2.75, 3.05) is 29.8 Å². The van der Waals surface area contributed by atoms with E-state index in [1.807, 2.05) is 0 Å². The minimum absolute atomic E-state index is 0.0386. The number of fused-ring (bicyclic) bond motifs is 1. The molecule has 90 valence electrons. The van der Waals surface area contributed by atoms with Crippen LogP contribution in [0.2, 0.25) is 0 Å². The van der Waals surface area contributed by atoms with Crippen LogP contribution in [0.3, 0.4) is 0 Å². The molecule has 0 aromatic heterocycles. The van der Waals surface area contributed by atoms with E-state index < -0.39 is 0 Å². The Balaban J connectivity index is 2.29. The van der Waals surface area contributed by atoms with E-state index in [9.17, 15) is 9.59 Å². The minimum Gasteiger partial charge on any atom is -0.482 e. The van der Waals surface area contributed by atoms with Crippen LogP contribution in [0.5, 0.6) is 5.75 Å². The zero-order valence-corrected chi connectivity index (χ0v) is 9.95. The van der Waals surface area contributed by atoms with Gasteiger partial charge in [-0.3, -0.25) is 9.59 Å². The second kappa shape index (κ2) is 4.63. The molecule has 2 rings (SSSR count). The molecule has 0 aliphatic carbocycles. The zero-order valence-electron chi connectivity index (χ0n) is 9.20. The fourth-order valence-electron chi connectivity index (χ4n) is 1.54. The van der Waals surface area contributed by atoms with Gasteiger partial charge in [0, 0.05) is 12.7 Å². The predicted octanol–water partition coefficient (Wildman–Crippen LogP) is 1.22. The van der Waals surface area contributed by atoms with Gasteiger partial charge in [-0.05, 0) is 18.2 Å². The summed E-state index contributed by atoms with van der Waals surface area (Å²) in [6.45, 7) is 0.0386. The quantitative estimate of drug-likeness (QED) is 0.808. The van der Waals surface area contributed by atoms with Gasteiger partial charge in [0.1, 0.15) is 11.6 Å². The molecule has 2 amide bonds. The summed E-state index contributed by atoms with van der Waals surface area (Å²) < 4.78 is 5.26. The third-order valence-corrected chi connectivity index (χ3v) is 2.69. The first-order valence-electron chi connectivity index (χ1n) is 5.01. The van der Waals surface area contributed by atoms with Crippen LogP contribution in [-0.2, 0) is 9.59 Å². The van der Waals surface area contributed by atoms with Gasteiger partial charge in [0.05, 0.1) is 5.69 Å². The number of alkyl halides is 1. The SMILES string of the molecule is CN1C(=O)COc2ccc(NC(=O)CCl)cc21. The number of nitrogens with zero attached hydrogens (tertiary/aromatic N) is 1. The van der Waals surface area contributed by atoms with Gasteiger partial charge >= 0.3 is 0 Å². The number of benzene rings is 1. The molecule has 0 radical (unpaired) electrons. The molecule has 1 aliphatic rings. The minimum atomic E-state index is -0.294. The number of halogens is 1. The zero-order chi connectivity index (χ0) is 12.4. The lowest BCUT2D eigenvalue weighted by molar-refractivity contribution is -0.121. The number of nitrogens with one attached hydrogen (secondary N) is 1. The van der Waals surface area contributed by atoms with E-state index in [1.165, 1.54) is 4.90 Å². The lowest BCUT2D eigenvalue weighted by Crippen LogP contribution is -2.35. The molecule has 0 spiro atoms. The number of likely N-dealkylation sites (N-methyl/N-ethyl adjacent to an activating group) is 1. The van der Waals surface area contributed by atoms with Crippen molar-refractivity contribution in [2.24, 2.45) is 0 Å². The molecule has 17 heavy (non-hydrogen) atoms. The molecule has 0 saturated heterocycles. The van der Waals surface area contributed by atoms with Crippen molar-refractivity contribution in [1.29, 1.82) is 0 Å². The summed E-state index contributed by atoms with van der Waals surface area (Å²) in [6.07, 6.45) is 0. The molecule has 0 bridgehead atoms. The smallest absolute Gasteiger partial charge is 0.264 e. The van der Waals surface area contributed by atoms with Gasteiger partial charge in [0.15, 0.2) is 6.61 Å². The second-order valence-electron chi connectivity index (χ2n) is 3.61. The van der Waals surface area contributed by atoms with Gasteiger partial charge in [-0.15, -0.1) is 11.6 Å². The van der Waals surface area contributed by atoms with Crippen LogP contribution in [0, 0.1) is 0 Å². The molecule has 1 N–H and O–H groups in total. The molecule has 0 unspecified atom stereocenters. The number of rotatable bonds is 2. The number of carbonyl (C=O) groups is 2. The van der Waals surface area contributed by atoms with Gasteiger partial charge in [-0.1, -0.05) is 0 Å². The van der Waals surface area contributed by atoms with E-state index in [1.54, 1.807) is 25.2 Å². The summed E-state index contributed by atoms with van der Waals surface area (Å²) in [5.41, 5.74) is 1.22. The molecule has 1 heterocycles. The Morgan fingerprint density at radius 2 is 2.35 bits per heavy atom. The summed E-state index contributed by atoms with van der Waals surface area (Å²) in [4.78, 5) is 24.1. The van der Waals surface area contributed by atoms with E-state index in [-0.39, 0.29) is 24.3 Å². The van der Waals surface area contributed by atoms with Crippen molar-refractivity contribution in [3.05, 3.63) is 18.2 Å². The van der Waals surface area contributed by atoms with Gasteiger partial charge in [0.2, 0.25) is 5.91 Å². The lowest BCUT2D eigenvalue weighted by atomic mass is 10.2. The molecular weight excluding hydrogens is 244 g/mol. The lowest BCUT2D eigenvalue weighted by Gasteiger charge is -2.26. The maximum Gasteiger partial charge on any atom is 0.264 e. The topological polar surface area (TPSA) is 58.6 Å². The number of hydrogen-bond donors (Lipinski definition) is 1. The number of carbonyl (C=O) groups excluding carboxylic acids is 2. The van der Waals surface area contributed by atoms with Crippen molar-refractivity contribution in [3.8, 4) is 5.75 Å². The number of amides is 2. The molecule has 5 nitrogen and oxygen atoms in total. The van der Waals surface area contributed by atoms with Gasteiger partial charge in [-0.2, -0.15) is 0 Å². The summed E-state index contributed by atoms with van der Waals surface area (Å²) in [5, 5.41) is 2.61. The molecule has 1 aromatic carbocycles. The third kappa shape index (κ3) is 2.34. The maximum atomic E-state index is 11.4. The van der Waals surface area contributed by atoms with Crippen LogP contribution in [0.15, 0.2) is 18.2 Å². The Bertz CT molecular complexity index is 476. The van der Waals surface area contributed by atoms with Crippen LogP contribution in [-0.4, -0.2) is 31.3 Å². The van der Waals surface area contributed by atoms with Crippen molar-refractivity contribution in [3.63, 3.8) is 0 Å². The van der Waals surface area contributed by atoms with E-state index >= 15 is 0 Å². The third-order valence-electron chi connectivity index (χ3n) is 2.45.